The van der Waals surface area contributed by atoms with Crippen LogP contribution in [0.2, 0.25) is 0 Å². The van der Waals surface area contributed by atoms with Crippen molar-refractivity contribution >= 4 is 39.7 Å². The highest BCUT2D eigenvalue weighted by molar-refractivity contribution is 14.1. The minimum atomic E-state index is 0.801. The maximum atomic E-state index is 5.76. The van der Waals surface area contributed by atoms with E-state index >= 15 is 0 Å². The van der Waals surface area contributed by atoms with Gasteiger partial charge in [-0.2, -0.15) is 0 Å². The van der Waals surface area contributed by atoms with Gasteiger partial charge < -0.3 is 10.6 Å². The van der Waals surface area contributed by atoms with E-state index in [9.17, 15) is 0 Å². The molecule has 0 fully saturated rings. The fraction of sp³-hybridized carbons (Fsp3) is 0.143. The molecule has 0 aliphatic heterocycles. The molecule has 0 aromatic heterocycles. The number of nitrogen functional groups attached to an aromatic ring is 1. The second-order valence-electron chi connectivity index (χ2n) is 4.11. The van der Waals surface area contributed by atoms with Gasteiger partial charge in [0.25, 0.3) is 0 Å². The molecule has 0 aliphatic rings. The summed E-state index contributed by atoms with van der Waals surface area (Å²) >= 11 is 2.31. The third-order valence-corrected chi connectivity index (χ3v) is 3.62. The highest BCUT2D eigenvalue weighted by Gasteiger charge is 2.07. The van der Waals surface area contributed by atoms with Crippen molar-refractivity contribution in [3.63, 3.8) is 0 Å². The summed E-state index contributed by atoms with van der Waals surface area (Å²) in [5.41, 5.74) is 10.2. The molecule has 3 heteroatoms. The highest BCUT2D eigenvalue weighted by atomic mass is 127. The molecule has 0 unspecified atom stereocenters. The quantitative estimate of drug-likeness (QED) is 0.664. The first kappa shape index (κ1) is 12.2. The molecule has 17 heavy (non-hydrogen) atoms. The SMILES string of the molecule is Cc1ccc(N(C)c2ccc(N)cc2I)cc1. The van der Waals surface area contributed by atoms with Crippen molar-refractivity contribution in [1.29, 1.82) is 0 Å². The molecule has 0 heterocycles. The second-order valence-corrected chi connectivity index (χ2v) is 5.27. The fourth-order valence-corrected chi connectivity index (χ4v) is 2.60. The van der Waals surface area contributed by atoms with Gasteiger partial charge in [-0.05, 0) is 59.8 Å². The van der Waals surface area contributed by atoms with Crippen LogP contribution in [0.25, 0.3) is 0 Å². The number of hydrogen-bond donors (Lipinski definition) is 1. The third kappa shape index (κ3) is 2.72. The Labute approximate surface area is 116 Å². The van der Waals surface area contributed by atoms with E-state index in [0.717, 1.165) is 9.26 Å². The van der Waals surface area contributed by atoms with Crippen LogP contribution in [-0.4, -0.2) is 7.05 Å². The Morgan fingerprint density at radius 3 is 2.29 bits per heavy atom. The van der Waals surface area contributed by atoms with Crippen LogP contribution in [0.4, 0.5) is 17.1 Å². The van der Waals surface area contributed by atoms with Crippen LogP contribution < -0.4 is 10.6 Å². The molecule has 2 aromatic rings. The molecular weight excluding hydrogens is 323 g/mol. The molecule has 2 nitrogen and oxygen atoms in total. The van der Waals surface area contributed by atoms with Gasteiger partial charge >= 0.3 is 0 Å². The van der Waals surface area contributed by atoms with Crippen molar-refractivity contribution in [3.05, 3.63) is 51.6 Å². The zero-order valence-corrected chi connectivity index (χ0v) is 12.1. The van der Waals surface area contributed by atoms with Crippen LogP contribution >= 0.6 is 22.6 Å². The Hall–Kier alpha value is -1.23. The monoisotopic (exact) mass is 338 g/mol. The maximum absolute atomic E-state index is 5.76. The van der Waals surface area contributed by atoms with E-state index in [1.807, 2.05) is 12.1 Å². The smallest absolute Gasteiger partial charge is 0.0545 e. The van der Waals surface area contributed by atoms with Gasteiger partial charge in [0.05, 0.1) is 5.69 Å². The Morgan fingerprint density at radius 2 is 1.71 bits per heavy atom. The van der Waals surface area contributed by atoms with Crippen molar-refractivity contribution in [3.8, 4) is 0 Å². The number of rotatable bonds is 2. The summed E-state index contributed by atoms with van der Waals surface area (Å²) in [7, 11) is 2.07. The molecule has 0 atom stereocenters. The normalized spacial score (nSPS) is 10.3. The van der Waals surface area contributed by atoms with Gasteiger partial charge in [0.1, 0.15) is 0 Å². The lowest BCUT2D eigenvalue weighted by Gasteiger charge is -2.21. The Kier molecular flexibility index (Phi) is 3.57. The molecule has 2 rings (SSSR count). The van der Waals surface area contributed by atoms with E-state index in [-0.39, 0.29) is 0 Å². The van der Waals surface area contributed by atoms with E-state index in [2.05, 4.69) is 71.8 Å². The first-order chi connectivity index (χ1) is 8.08. The minimum absolute atomic E-state index is 0.801. The molecule has 0 radical (unpaired) electrons. The predicted octanol–water partition coefficient (Wildman–Crippen LogP) is 3.95. The lowest BCUT2D eigenvalue weighted by atomic mass is 10.2. The molecule has 2 aromatic carbocycles. The van der Waals surface area contributed by atoms with Crippen molar-refractivity contribution in [2.75, 3.05) is 17.7 Å². The highest BCUT2D eigenvalue weighted by Crippen LogP contribution is 2.29. The first-order valence-electron chi connectivity index (χ1n) is 5.43. The molecule has 0 bridgehead atoms. The van der Waals surface area contributed by atoms with Crippen LogP contribution in [0.1, 0.15) is 5.56 Å². The lowest BCUT2D eigenvalue weighted by Crippen LogP contribution is -2.11. The Bertz CT molecular complexity index is 520. The van der Waals surface area contributed by atoms with Crippen LogP contribution in [0.5, 0.6) is 0 Å². The van der Waals surface area contributed by atoms with E-state index in [1.54, 1.807) is 0 Å². The van der Waals surface area contributed by atoms with Crippen molar-refractivity contribution in [2.45, 2.75) is 6.92 Å². The molecule has 2 N–H and O–H groups in total. The molecule has 0 saturated carbocycles. The van der Waals surface area contributed by atoms with Gasteiger partial charge in [-0.3, -0.25) is 0 Å². The van der Waals surface area contributed by atoms with Gasteiger partial charge in [0.15, 0.2) is 0 Å². The van der Waals surface area contributed by atoms with E-state index in [1.165, 1.54) is 16.9 Å². The average Bonchev–Trinajstić information content (AvgIpc) is 2.29. The summed E-state index contributed by atoms with van der Waals surface area (Å²) in [5.74, 6) is 0. The van der Waals surface area contributed by atoms with E-state index in [0.29, 0.717) is 0 Å². The summed E-state index contributed by atoms with van der Waals surface area (Å²) < 4.78 is 1.16. The number of nitrogens with two attached hydrogens (primary N) is 1. The molecular formula is C14H15IN2. The number of anilines is 3. The summed E-state index contributed by atoms with van der Waals surface area (Å²) in [6, 6.07) is 14.5. The zero-order valence-electron chi connectivity index (χ0n) is 9.94. The van der Waals surface area contributed by atoms with Crippen LogP contribution in [0, 0.1) is 10.5 Å². The predicted molar refractivity (Wildman–Crippen MR) is 82.8 cm³/mol. The van der Waals surface area contributed by atoms with Crippen LogP contribution in [0.15, 0.2) is 42.5 Å². The summed E-state index contributed by atoms with van der Waals surface area (Å²) in [6.45, 7) is 2.09. The van der Waals surface area contributed by atoms with Crippen molar-refractivity contribution in [1.82, 2.24) is 0 Å². The lowest BCUT2D eigenvalue weighted by molar-refractivity contribution is 1.20. The maximum Gasteiger partial charge on any atom is 0.0545 e. The van der Waals surface area contributed by atoms with E-state index in [4.69, 9.17) is 5.73 Å². The largest absolute Gasteiger partial charge is 0.399 e. The molecule has 0 spiro atoms. The minimum Gasteiger partial charge on any atom is -0.399 e. The molecule has 0 saturated heterocycles. The average molecular weight is 338 g/mol. The number of benzene rings is 2. The van der Waals surface area contributed by atoms with Crippen molar-refractivity contribution < 1.29 is 0 Å². The first-order valence-corrected chi connectivity index (χ1v) is 6.51. The van der Waals surface area contributed by atoms with Gasteiger partial charge in [0, 0.05) is 22.0 Å². The van der Waals surface area contributed by atoms with Crippen LogP contribution in [0.3, 0.4) is 0 Å². The molecule has 0 aliphatic carbocycles. The van der Waals surface area contributed by atoms with Crippen LogP contribution in [-0.2, 0) is 0 Å². The number of nitrogens with zero attached hydrogens (tertiary/aromatic N) is 1. The van der Waals surface area contributed by atoms with E-state index < -0.39 is 0 Å². The second kappa shape index (κ2) is 4.96. The van der Waals surface area contributed by atoms with Gasteiger partial charge in [-0.1, -0.05) is 17.7 Å². The number of hydrogen-bond acceptors (Lipinski definition) is 2. The van der Waals surface area contributed by atoms with Gasteiger partial charge in [0.2, 0.25) is 0 Å². The van der Waals surface area contributed by atoms with Gasteiger partial charge in [-0.15, -0.1) is 0 Å². The Morgan fingerprint density at radius 1 is 1.06 bits per heavy atom. The molecule has 88 valence electrons. The number of halogens is 1. The summed E-state index contributed by atoms with van der Waals surface area (Å²) in [5, 5.41) is 0. The fourth-order valence-electron chi connectivity index (χ4n) is 1.70. The standard InChI is InChI=1S/C14H15IN2/c1-10-3-6-12(7-4-10)17(2)14-8-5-11(16)9-13(14)15/h3-9H,16H2,1-2H3. The third-order valence-electron chi connectivity index (χ3n) is 2.75. The zero-order chi connectivity index (χ0) is 12.4. The topological polar surface area (TPSA) is 29.3 Å². The Balaban J connectivity index is 2.36. The summed E-state index contributed by atoms with van der Waals surface area (Å²) in [6.07, 6.45) is 0. The molecule has 0 amide bonds. The summed E-state index contributed by atoms with van der Waals surface area (Å²) in [4.78, 5) is 2.17. The van der Waals surface area contributed by atoms with Crippen molar-refractivity contribution in [2.24, 2.45) is 0 Å². The number of aryl methyl sites for hydroxylation is 1. The van der Waals surface area contributed by atoms with Gasteiger partial charge in [-0.25, -0.2) is 0 Å².